The van der Waals surface area contributed by atoms with E-state index in [-0.39, 0.29) is 0 Å². The number of hydrogen-bond acceptors (Lipinski definition) is 5. The minimum absolute atomic E-state index is 0.600. The van der Waals surface area contributed by atoms with Gasteiger partial charge in [-0.05, 0) is 22.4 Å². The highest BCUT2D eigenvalue weighted by Gasteiger charge is 2.02. The van der Waals surface area contributed by atoms with Crippen LogP contribution in [-0.2, 0) is 4.74 Å². The predicted octanol–water partition coefficient (Wildman–Crippen LogP) is 2.51. The molecule has 0 unspecified atom stereocenters. The van der Waals surface area contributed by atoms with Crippen molar-refractivity contribution in [1.29, 1.82) is 0 Å². The van der Waals surface area contributed by atoms with Crippen LogP contribution in [0.15, 0.2) is 10.7 Å². The molecule has 0 amide bonds. The Kier molecular flexibility index (Phi) is 6.88. The van der Waals surface area contributed by atoms with Gasteiger partial charge < -0.3 is 15.4 Å². The summed E-state index contributed by atoms with van der Waals surface area (Å²) in [6.07, 6.45) is 4.00. The minimum Gasteiger partial charge on any atom is -0.380 e. The van der Waals surface area contributed by atoms with Gasteiger partial charge in [-0.15, -0.1) is 0 Å². The third kappa shape index (κ3) is 5.32. The van der Waals surface area contributed by atoms with Crippen molar-refractivity contribution in [3.8, 4) is 0 Å². The summed E-state index contributed by atoms with van der Waals surface area (Å²) in [6, 6.07) is 0. The fraction of sp³-hybridized carbons (Fsp3) is 0.636. The van der Waals surface area contributed by atoms with Crippen molar-refractivity contribution in [1.82, 2.24) is 9.97 Å². The third-order valence-electron chi connectivity index (χ3n) is 2.15. The molecule has 1 aromatic heterocycles. The normalized spacial score (nSPS) is 10.3. The van der Waals surface area contributed by atoms with Crippen molar-refractivity contribution in [2.75, 3.05) is 37.4 Å². The Morgan fingerprint density at radius 3 is 2.94 bits per heavy atom. The lowest BCUT2D eigenvalue weighted by Gasteiger charge is -2.09. The van der Waals surface area contributed by atoms with Crippen molar-refractivity contribution in [2.45, 2.75) is 19.8 Å². The van der Waals surface area contributed by atoms with E-state index in [0.29, 0.717) is 12.6 Å². The quantitative estimate of drug-likeness (QED) is 0.723. The summed E-state index contributed by atoms with van der Waals surface area (Å²) < 4.78 is 6.31. The van der Waals surface area contributed by atoms with Gasteiger partial charge in [0.2, 0.25) is 5.95 Å². The molecule has 0 aliphatic heterocycles. The summed E-state index contributed by atoms with van der Waals surface area (Å²) >= 11 is 3.40. The van der Waals surface area contributed by atoms with E-state index in [1.807, 2.05) is 0 Å². The fourth-order valence-corrected chi connectivity index (χ4v) is 1.53. The van der Waals surface area contributed by atoms with E-state index in [4.69, 9.17) is 4.74 Å². The first kappa shape index (κ1) is 14.2. The molecule has 0 bridgehead atoms. The zero-order valence-electron chi connectivity index (χ0n) is 10.3. The van der Waals surface area contributed by atoms with Gasteiger partial charge in [-0.1, -0.05) is 13.3 Å². The van der Waals surface area contributed by atoms with Crippen LogP contribution in [-0.4, -0.2) is 36.8 Å². The molecule has 6 heteroatoms. The van der Waals surface area contributed by atoms with Gasteiger partial charge in [0.1, 0.15) is 5.82 Å². The van der Waals surface area contributed by atoms with Crippen LogP contribution < -0.4 is 10.6 Å². The first-order chi connectivity index (χ1) is 8.27. The van der Waals surface area contributed by atoms with Gasteiger partial charge in [0.05, 0.1) is 11.1 Å². The Balaban J connectivity index is 2.30. The maximum atomic E-state index is 5.46. The lowest BCUT2D eigenvalue weighted by molar-refractivity contribution is 0.141. The molecule has 5 nitrogen and oxygen atoms in total. The van der Waals surface area contributed by atoms with Crippen LogP contribution in [0.2, 0.25) is 0 Å². The molecule has 0 atom stereocenters. The van der Waals surface area contributed by atoms with Crippen molar-refractivity contribution in [3.05, 3.63) is 10.7 Å². The predicted molar refractivity (Wildman–Crippen MR) is 73.5 cm³/mol. The average molecular weight is 303 g/mol. The molecule has 96 valence electrons. The monoisotopic (exact) mass is 302 g/mol. The first-order valence-corrected chi connectivity index (χ1v) is 6.59. The van der Waals surface area contributed by atoms with Gasteiger partial charge >= 0.3 is 0 Å². The van der Waals surface area contributed by atoms with E-state index in [1.165, 1.54) is 0 Å². The molecule has 0 spiro atoms. The smallest absolute Gasteiger partial charge is 0.224 e. The molecule has 0 saturated heterocycles. The Hall–Kier alpha value is -0.880. The van der Waals surface area contributed by atoms with Gasteiger partial charge in [0, 0.05) is 26.4 Å². The van der Waals surface area contributed by atoms with Gasteiger partial charge in [-0.25, -0.2) is 4.98 Å². The second kappa shape index (κ2) is 8.25. The van der Waals surface area contributed by atoms with E-state index in [0.717, 1.165) is 36.3 Å². The highest BCUT2D eigenvalue weighted by Crippen LogP contribution is 2.19. The summed E-state index contributed by atoms with van der Waals surface area (Å²) in [5.41, 5.74) is 0. The number of aromatic nitrogens is 2. The molecular weight excluding hydrogens is 284 g/mol. The molecule has 0 saturated carbocycles. The summed E-state index contributed by atoms with van der Waals surface area (Å²) in [5, 5.41) is 6.10. The van der Waals surface area contributed by atoms with Crippen LogP contribution >= 0.6 is 15.9 Å². The molecule has 1 rings (SSSR count). The van der Waals surface area contributed by atoms with Gasteiger partial charge in [-0.2, -0.15) is 4.98 Å². The van der Waals surface area contributed by atoms with E-state index >= 15 is 0 Å². The zero-order valence-corrected chi connectivity index (χ0v) is 11.9. The second-order valence-electron chi connectivity index (χ2n) is 3.53. The fourth-order valence-electron chi connectivity index (χ4n) is 1.20. The van der Waals surface area contributed by atoms with E-state index in [1.54, 1.807) is 13.2 Å². The molecule has 0 aliphatic rings. The average Bonchev–Trinajstić information content (AvgIpc) is 2.35. The number of nitrogens with one attached hydrogen (secondary N) is 2. The Morgan fingerprint density at radius 2 is 2.24 bits per heavy atom. The van der Waals surface area contributed by atoms with Crippen LogP contribution in [0, 0.1) is 0 Å². The Morgan fingerprint density at radius 1 is 1.41 bits per heavy atom. The number of hydrogen-bond donors (Lipinski definition) is 2. The third-order valence-corrected chi connectivity index (χ3v) is 2.73. The molecule has 1 heterocycles. The molecule has 17 heavy (non-hydrogen) atoms. The van der Waals surface area contributed by atoms with Gasteiger partial charge in [0.15, 0.2) is 0 Å². The first-order valence-electron chi connectivity index (χ1n) is 5.79. The SMILES string of the molecule is CCCCOCCNc1nc(NC)ncc1Br. The second-order valence-corrected chi connectivity index (χ2v) is 4.39. The maximum absolute atomic E-state index is 5.46. The minimum atomic E-state index is 0.600. The number of nitrogens with zero attached hydrogens (tertiary/aromatic N) is 2. The van der Waals surface area contributed by atoms with Crippen molar-refractivity contribution in [2.24, 2.45) is 0 Å². The number of rotatable bonds is 8. The molecule has 2 N–H and O–H groups in total. The summed E-state index contributed by atoms with van der Waals surface area (Å²) in [4.78, 5) is 8.37. The topological polar surface area (TPSA) is 59.1 Å². The summed E-state index contributed by atoms with van der Waals surface area (Å²) in [6.45, 7) is 4.40. The van der Waals surface area contributed by atoms with E-state index in [2.05, 4.69) is 43.5 Å². The highest BCUT2D eigenvalue weighted by atomic mass is 79.9. The zero-order chi connectivity index (χ0) is 12.5. The number of halogens is 1. The lowest BCUT2D eigenvalue weighted by atomic mass is 10.4. The standard InChI is InChI=1S/C11H19BrN4O/c1-3-4-6-17-7-5-14-10-9(12)8-15-11(13-2)16-10/h8H,3-7H2,1-2H3,(H2,13,14,15,16). The van der Waals surface area contributed by atoms with Crippen LogP contribution in [0.1, 0.15) is 19.8 Å². The Labute approximate surface area is 111 Å². The van der Waals surface area contributed by atoms with E-state index < -0.39 is 0 Å². The van der Waals surface area contributed by atoms with Crippen molar-refractivity contribution < 1.29 is 4.74 Å². The highest BCUT2D eigenvalue weighted by molar-refractivity contribution is 9.10. The number of ether oxygens (including phenoxy) is 1. The lowest BCUT2D eigenvalue weighted by Crippen LogP contribution is -2.12. The number of unbranched alkanes of at least 4 members (excludes halogenated alkanes) is 1. The van der Waals surface area contributed by atoms with Crippen LogP contribution in [0.25, 0.3) is 0 Å². The van der Waals surface area contributed by atoms with Crippen LogP contribution in [0.3, 0.4) is 0 Å². The largest absolute Gasteiger partial charge is 0.380 e. The molecular formula is C11H19BrN4O. The molecule has 0 fully saturated rings. The molecule has 0 aromatic carbocycles. The van der Waals surface area contributed by atoms with Crippen LogP contribution in [0.5, 0.6) is 0 Å². The summed E-state index contributed by atoms with van der Waals surface area (Å²) in [7, 11) is 1.79. The Bertz CT molecular complexity index is 335. The van der Waals surface area contributed by atoms with Crippen molar-refractivity contribution >= 4 is 27.7 Å². The van der Waals surface area contributed by atoms with E-state index in [9.17, 15) is 0 Å². The molecule has 1 aromatic rings. The number of anilines is 2. The van der Waals surface area contributed by atoms with Crippen LogP contribution in [0.4, 0.5) is 11.8 Å². The molecule has 0 aliphatic carbocycles. The maximum Gasteiger partial charge on any atom is 0.224 e. The molecule has 0 radical (unpaired) electrons. The summed E-state index contributed by atoms with van der Waals surface area (Å²) in [5.74, 6) is 1.38. The van der Waals surface area contributed by atoms with Gasteiger partial charge in [-0.3, -0.25) is 0 Å². The van der Waals surface area contributed by atoms with Crippen molar-refractivity contribution in [3.63, 3.8) is 0 Å². The van der Waals surface area contributed by atoms with Gasteiger partial charge in [0.25, 0.3) is 0 Å².